The average molecular weight is 603 g/mol. The van der Waals surface area contributed by atoms with Crippen LogP contribution in [0, 0.1) is 13.8 Å². The van der Waals surface area contributed by atoms with Crippen molar-refractivity contribution in [2.45, 2.75) is 33.1 Å². The van der Waals surface area contributed by atoms with Crippen LogP contribution >= 0.6 is 0 Å². The molecule has 0 saturated heterocycles. The highest BCUT2D eigenvalue weighted by atomic mass is 16.6. The lowest BCUT2D eigenvalue weighted by atomic mass is 9.67. The standard InChI is InChI=1S/C39H38O6/c1-25(2)37(40)44-21-19-42-35-17-15-29(23-27(35)5)39(33-13-9-7-11-31(33)32-12-8-10-14-34(32)39)30-16-18-36(28(6)24-30)43-20-22-45-38(41)26(3)4/h7-18,23-24H,1,3,19-22H2,2,4-6H3. The summed E-state index contributed by atoms with van der Waals surface area (Å²) in [5.41, 5.74) is 9.09. The van der Waals surface area contributed by atoms with Crippen molar-refractivity contribution in [3.05, 3.63) is 143 Å². The first kappa shape index (κ1) is 31.3. The lowest BCUT2D eigenvalue weighted by molar-refractivity contribution is -0.140. The van der Waals surface area contributed by atoms with Gasteiger partial charge in [0.25, 0.3) is 0 Å². The monoisotopic (exact) mass is 602 g/mol. The van der Waals surface area contributed by atoms with Gasteiger partial charge in [-0.2, -0.15) is 0 Å². The molecule has 0 N–H and O–H groups in total. The molecular weight excluding hydrogens is 564 g/mol. The lowest BCUT2D eigenvalue weighted by Crippen LogP contribution is -2.29. The molecule has 0 fully saturated rings. The minimum Gasteiger partial charge on any atom is -0.490 e. The summed E-state index contributed by atoms with van der Waals surface area (Å²) in [5.74, 6) is 0.604. The van der Waals surface area contributed by atoms with Crippen LogP contribution in [0.1, 0.15) is 47.2 Å². The number of fused-ring (bicyclic) bond motifs is 3. The van der Waals surface area contributed by atoms with Gasteiger partial charge in [0.15, 0.2) is 0 Å². The summed E-state index contributed by atoms with van der Waals surface area (Å²) in [6.45, 7) is 15.3. The Labute approximate surface area is 264 Å². The second-order valence-electron chi connectivity index (χ2n) is 11.3. The van der Waals surface area contributed by atoms with Gasteiger partial charge in [-0.1, -0.05) is 86.0 Å². The van der Waals surface area contributed by atoms with Crippen LogP contribution in [0.5, 0.6) is 11.5 Å². The molecule has 0 amide bonds. The third-order valence-electron chi connectivity index (χ3n) is 8.01. The minimum atomic E-state index is -0.589. The highest BCUT2D eigenvalue weighted by molar-refractivity contribution is 5.88. The molecule has 230 valence electrons. The first-order valence-electron chi connectivity index (χ1n) is 15.0. The van der Waals surface area contributed by atoms with E-state index in [1.807, 2.05) is 26.0 Å². The van der Waals surface area contributed by atoms with Gasteiger partial charge in [-0.05, 0) is 84.3 Å². The summed E-state index contributed by atoms with van der Waals surface area (Å²) >= 11 is 0. The predicted octanol–water partition coefficient (Wildman–Crippen LogP) is 7.66. The van der Waals surface area contributed by atoms with E-state index in [1.54, 1.807) is 13.8 Å². The van der Waals surface area contributed by atoms with Gasteiger partial charge in [0, 0.05) is 11.1 Å². The van der Waals surface area contributed by atoms with E-state index < -0.39 is 17.4 Å². The largest absolute Gasteiger partial charge is 0.490 e. The SMILES string of the molecule is C=C(C)C(=O)OCCOc1ccc(C2(c3ccc(OCCOC(=O)C(=C)C)c(C)c3)c3ccccc3-c3ccccc32)cc1C. The van der Waals surface area contributed by atoms with Crippen LogP contribution in [0.2, 0.25) is 0 Å². The fourth-order valence-corrected chi connectivity index (χ4v) is 5.93. The van der Waals surface area contributed by atoms with E-state index in [0.717, 1.165) is 33.8 Å². The van der Waals surface area contributed by atoms with Gasteiger partial charge >= 0.3 is 11.9 Å². The summed E-state index contributed by atoms with van der Waals surface area (Å²) < 4.78 is 22.4. The van der Waals surface area contributed by atoms with E-state index in [4.69, 9.17) is 18.9 Å². The molecule has 5 rings (SSSR count). The number of carbonyl (C=O) groups is 2. The van der Waals surface area contributed by atoms with Crippen LogP contribution in [0.4, 0.5) is 0 Å². The maximum absolute atomic E-state index is 11.7. The maximum Gasteiger partial charge on any atom is 0.333 e. The van der Waals surface area contributed by atoms with Gasteiger partial charge in [-0.25, -0.2) is 9.59 Å². The molecule has 0 unspecified atom stereocenters. The molecule has 6 nitrogen and oxygen atoms in total. The third-order valence-corrected chi connectivity index (χ3v) is 8.01. The maximum atomic E-state index is 11.7. The summed E-state index contributed by atoms with van der Waals surface area (Å²) in [7, 11) is 0. The van der Waals surface area contributed by atoms with Crippen molar-refractivity contribution < 1.29 is 28.5 Å². The van der Waals surface area contributed by atoms with Crippen LogP contribution in [0.25, 0.3) is 11.1 Å². The second kappa shape index (κ2) is 13.3. The summed E-state index contributed by atoms with van der Waals surface area (Å²) in [6, 6.07) is 29.7. The van der Waals surface area contributed by atoms with Gasteiger partial charge in [0.2, 0.25) is 0 Å². The van der Waals surface area contributed by atoms with E-state index in [2.05, 4.69) is 86.0 Å². The number of esters is 2. The summed E-state index contributed by atoms with van der Waals surface area (Å²) in [4.78, 5) is 23.5. The highest BCUT2D eigenvalue weighted by Crippen LogP contribution is 2.56. The number of hydrogen-bond donors (Lipinski definition) is 0. The number of ether oxygens (including phenoxy) is 4. The van der Waals surface area contributed by atoms with Crippen molar-refractivity contribution >= 4 is 11.9 Å². The molecule has 0 spiro atoms. The van der Waals surface area contributed by atoms with E-state index in [0.29, 0.717) is 11.1 Å². The molecule has 45 heavy (non-hydrogen) atoms. The van der Waals surface area contributed by atoms with Crippen molar-refractivity contribution in [1.82, 2.24) is 0 Å². The van der Waals surface area contributed by atoms with Crippen molar-refractivity contribution in [3.8, 4) is 22.6 Å². The molecule has 0 atom stereocenters. The fraction of sp³-hybridized carbons (Fsp3) is 0.231. The van der Waals surface area contributed by atoms with Crippen LogP contribution < -0.4 is 9.47 Å². The Kier molecular flexibility index (Phi) is 9.24. The Morgan fingerprint density at radius 3 is 1.38 bits per heavy atom. The topological polar surface area (TPSA) is 71.1 Å². The van der Waals surface area contributed by atoms with Crippen molar-refractivity contribution in [3.63, 3.8) is 0 Å². The Bertz CT molecular complexity index is 1650. The number of rotatable bonds is 12. The second-order valence-corrected chi connectivity index (χ2v) is 11.3. The smallest absolute Gasteiger partial charge is 0.333 e. The van der Waals surface area contributed by atoms with Crippen molar-refractivity contribution in [1.29, 1.82) is 0 Å². The Hall–Kier alpha value is -5.10. The van der Waals surface area contributed by atoms with E-state index in [-0.39, 0.29) is 26.4 Å². The van der Waals surface area contributed by atoms with Gasteiger partial charge in [0.1, 0.15) is 37.9 Å². The van der Waals surface area contributed by atoms with Crippen molar-refractivity contribution in [2.75, 3.05) is 26.4 Å². The summed E-state index contributed by atoms with van der Waals surface area (Å²) in [6.07, 6.45) is 0. The predicted molar refractivity (Wildman–Crippen MR) is 176 cm³/mol. The van der Waals surface area contributed by atoms with Crippen LogP contribution in [-0.4, -0.2) is 38.4 Å². The molecule has 0 heterocycles. The lowest BCUT2D eigenvalue weighted by Gasteiger charge is -2.34. The van der Waals surface area contributed by atoms with E-state index in [9.17, 15) is 9.59 Å². The molecule has 0 saturated carbocycles. The molecule has 0 bridgehead atoms. The van der Waals surface area contributed by atoms with Gasteiger partial charge in [-0.3, -0.25) is 0 Å². The zero-order valence-corrected chi connectivity index (χ0v) is 26.3. The molecule has 1 aliphatic carbocycles. The zero-order chi connectivity index (χ0) is 32.1. The van der Waals surface area contributed by atoms with Gasteiger partial charge in [0.05, 0.1) is 5.41 Å². The molecular formula is C39H38O6. The van der Waals surface area contributed by atoms with Crippen LogP contribution in [0.3, 0.4) is 0 Å². The molecule has 0 aliphatic heterocycles. The molecule has 6 heteroatoms. The Morgan fingerprint density at radius 2 is 1.00 bits per heavy atom. The fourth-order valence-electron chi connectivity index (χ4n) is 5.93. The number of aryl methyl sites for hydroxylation is 2. The molecule has 4 aromatic rings. The molecule has 1 aliphatic rings. The third kappa shape index (κ3) is 6.14. The average Bonchev–Trinajstić information content (AvgIpc) is 3.33. The van der Waals surface area contributed by atoms with Crippen LogP contribution in [0.15, 0.2) is 109 Å². The number of hydrogen-bond acceptors (Lipinski definition) is 6. The number of carbonyl (C=O) groups excluding carboxylic acids is 2. The zero-order valence-electron chi connectivity index (χ0n) is 26.3. The Balaban J connectivity index is 1.51. The number of benzene rings is 4. The van der Waals surface area contributed by atoms with E-state index >= 15 is 0 Å². The van der Waals surface area contributed by atoms with E-state index in [1.165, 1.54) is 22.3 Å². The molecule has 4 aromatic carbocycles. The first-order valence-corrected chi connectivity index (χ1v) is 15.0. The molecule has 0 radical (unpaired) electrons. The summed E-state index contributed by atoms with van der Waals surface area (Å²) in [5, 5.41) is 0. The highest BCUT2D eigenvalue weighted by Gasteiger charge is 2.46. The first-order chi connectivity index (χ1) is 21.6. The quantitative estimate of drug-likeness (QED) is 0.0830. The van der Waals surface area contributed by atoms with Gasteiger partial charge < -0.3 is 18.9 Å². The van der Waals surface area contributed by atoms with Crippen molar-refractivity contribution in [2.24, 2.45) is 0 Å². The minimum absolute atomic E-state index is 0.140. The van der Waals surface area contributed by atoms with Gasteiger partial charge in [-0.15, -0.1) is 0 Å². The molecule has 0 aromatic heterocycles. The normalized spacial score (nSPS) is 12.4. The van der Waals surface area contributed by atoms with Crippen LogP contribution in [-0.2, 0) is 24.5 Å². The Morgan fingerprint density at radius 1 is 0.600 bits per heavy atom.